The Morgan fingerprint density at radius 3 is 2.65 bits per heavy atom. The summed E-state index contributed by atoms with van der Waals surface area (Å²) >= 11 is 3.43. The molecule has 1 atom stereocenters. The van der Waals surface area contributed by atoms with Crippen LogP contribution in [0.4, 0.5) is 10.5 Å². The van der Waals surface area contributed by atoms with Crippen molar-refractivity contribution in [2.24, 2.45) is 0 Å². The lowest BCUT2D eigenvalue weighted by Crippen LogP contribution is -2.37. The van der Waals surface area contributed by atoms with Gasteiger partial charge in [0.15, 0.2) is 0 Å². The number of nitrogens with zero attached hydrogens (tertiary/aromatic N) is 2. The summed E-state index contributed by atoms with van der Waals surface area (Å²) in [6.07, 6.45) is 2.93. The van der Waals surface area contributed by atoms with Gasteiger partial charge in [0.25, 0.3) is 0 Å². The van der Waals surface area contributed by atoms with Gasteiger partial charge in [0.2, 0.25) is 0 Å². The highest BCUT2D eigenvalue weighted by atomic mass is 79.9. The average Bonchev–Trinajstić information content (AvgIpc) is 3.08. The molecule has 4 rings (SSSR count). The average molecular weight is 410 g/mol. The Bertz CT molecular complexity index is 932. The van der Waals surface area contributed by atoms with E-state index in [0.717, 1.165) is 33.5 Å². The number of hydrogen-bond donors (Lipinski definition) is 1. The quantitative estimate of drug-likeness (QED) is 0.575. The fraction of sp³-hybridized carbons (Fsp3) is 0.190. The van der Waals surface area contributed by atoms with E-state index in [9.17, 15) is 4.79 Å². The van der Waals surface area contributed by atoms with Gasteiger partial charge < -0.3 is 14.8 Å². The summed E-state index contributed by atoms with van der Waals surface area (Å²) < 4.78 is 3.19. The number of nitrogens with one attached hydrogen (secondary N) is 1. The molecule has 2 aromatic carbocycles. The Hall–Kier alpha value is -2.53. The highest BCUT2D eigenvalue weighted by Gasteiger charge is 2.30. The number of hydrogen-bond acceptors (Lipinski definition) is 1. The maximum Gasteiger partial charge on any atom is 0.322 e. The maximum atomic E-state index is 13.1. The van der Waals surface area contributed by atoms with E-state index in [1.165, 1.54) is 0 Å². The zero-order chi connectivity index (χ0) is 18.1. The number of rotatable bonds is 2. The summed E-state index contributed by atoms with van der Waals surface area (Å²) in [5.74, 6) is 0. The number of carbonyl (C=O) groups is 1. The van der Waals surface area contributed by atoms with Gasteiger partial charge in [-0.05, 0) is 54.4 Å². The molecule has 0 bridgehead atoms. The Morgan fingerprint density at radius 2 is 1.88 bits per heavy atom. The first kappa shape index (κ1) is 16.9. The number of fused-ring (bicyclic) bond motifs is 3. The zero-order valence-electron chi connectivity index (χ0n) is 14.5. The maximum absolute atomic E-state index is 13.1. The Balaban J connectivity index is 1.71. The molecule has 1 aliphatic heterocycles. The van der Waals surface area contributed by atoms with Crippen molar-refractivity contribution in [3.05, 3.63) is 82.6 Å². The van der Waals surface area contributed by atoms with E-state index in [4.69, 9.17) is 0 Å². The smallest absolute Gasteiger partial charge is 0.318 e. The van der Waals surface area contributed by atoms with Crippen LogP contribution in [0, 0.1) is 0 Å². The van der Waals surface area contributed by atoms with E-state index < -0.39 is 0 Å². The van der Waals surface area contributed by atoms with Crippen molar-refractivity contribution in [2.45, 2.75) is 25.9 Å². The van der Waals surface area contributed by atoms with Crippen LogP contribution in [0.5, 0.6) is 0 Å². The Kier molecular flexibility index (Phi) is 4.55. The fourth-order valence-electron chi connectivity index (χ4n) is 3.59. The van der Waals surface area contributed by atoms with Gasteiger partial charge in [-0.2, -0.15) is 0 Å². The van der Waals surface area contributed by atoms with E-state index in [1.807, 2.05) is 47.4 Å². The number of aromatic nitrogens is 1. The number of benzene rings is 2. The van der Waals surface area contributed by atoms with Gasteiger partial charge in [-0.25, -0.2) is 4.79 Å². The fourth-order valence-corrected chi connectivity index (χ4v) is 3.85. The van der Waals surface area contributed by atoms with Crippen molar-refractivity contribution < 1.29 is 4.79 Å². The predicted octanol–water partition coefficient (Wildman–Crippen LogP) is 5.74. The van der Waals surface area contributed by atoms with Crippen molar-refractivity contribution in [3.63, 3.8) is 0 Å². The van der Waals surface area contributed by atoms with Crippen LogP contribution in [0.25, 0.3) is 5.69 Å². The first-order valence-corrected chi connectivity index (χ1v) is 9.55. The van der Waals surface area contributed by atoms with Crippen molar-refractivity contribution in [1.29, 1.82) is 0 Å². The number of amides is 2. The van der Waals surface area contributed by atoms with Crippen molar-refractivity contribution in [1.82, 2.24) is 9.47 Å². The van der Waals surface area contributed by atoms with Crippen LogP contribution in [-0.4, -0.2) is 15.5 Å². The summed E-state index contributed by atoms with van der Waals surface area (Å²) in [5.41, 5.74) is 4.22. The van der Waals surface area contributed by atoms with Crippen LogP contribution in [0.15, 0.2) is 71.3 Å². The van der Waals surface area contributed by atoms with Crippen LogP contribution in [0.2, 0.25) is 0 Å². The van der Waals surface area contributed by atoms with Gasteiger partial charge in [0, 0.05) is 22.1 Å². The molecule has 0 fully saturated rings. The molecule has 5 heteroatoms. The van der Waals surface area contributed by atoms with Crippen LogP contribution >= 0.6 is 15.9 Å². The molecule has 0 spiro atoms. The number of para-hydroxylation sites is 1. The second-order valence-electron chi connectivity index (χ2n) is 6.42. The highest BCUT2D eigenvalue weighted by Crippen LogP contribution is 2.34. The van der Waals surface area contributed by atoms with E-state index in [2.05, 4.69) is 57.1 Å². The van der Waals surface area contributed by atoms with Gasteiger partial charge in [-0.1, -0.05) is 41.1 Å². The van der Waals surface area contributed by atoms with E-state index in [0.29, 0.717) is 6.54 Å². The Labute approximate surface area is 161 Å². The normalized spacial score (nSPS) is 15.8. The standard InChI is InChI=1S/C21H20BrN3O/c1-2-18-20-8-5-13-24(20)19-7-4-3-6-15(19)14-25(18)21(26)23-17-11-9-16(22)10-12-17/h3-13,18H,2,14H2,1H3,(H,23,26). The third-order valence-electron chi connectivity index (χ3n) is 4.83. The second kappa shape index (κ2) is 7.00. The summed E-state index contributed by atoms with van der Waals surface area (Å²) in [4.78, 5) is 15.0. The first-order valence-electron chi connectivity index (χ1n) is 8.76. The summed E-state index contributed by atoms with van der Waals surface area (Å²) in [7, 11) is 0. The molecule has 1 aromatic heterocycles. The topological polar surface area (TPSA) is 37.3 Å². The summed E-state index contributed by atoms with van der Waals surface area (Å²) in [6.45, 7) is 2.70. The molecule has 2 heterocycles. The largest absolute Gasteiger partial charge is 0.322 e. The van der Waals surface area contributed by atoms with E-state index >= 15 is 0 Å². The molecule has 0 radical (unpaired) electrons. The lowest BCUT2D eigenvalue weighted by Gasteiger charge is -2.29. The van der Waals surface area contributed by atoms with Gasteiger partial charge >= 0.3 is 6.03 Å². The number of carbonyl (C=O) groups excluding carboxylic acids is 1. The summed E-state index contributed by atoms with van der Waals surface area (Å²) in [6, 6.07) is 20.0. The number of halogens is 1. The summed E-state index contributed by atoms with van der Waals surface area (Å²) in [5, 5.41) is 3.04. The molecule has 1 aliphatic rings. The van der Waals surface area contributed by atoms with Crippen LogP contribution in [-0.2, 0) is 6.54 Å². The third-order valence-corrected chi connectivity index (χ3v) is 5.36. The van der Waals surface area contributed by atoms with Crippen LogP contribution in [0.1, 0.15) is 30.6 Å². The highest BCUT2D eigenvalue weighted by molar-refractivity contribution is 9.10. The second-order valence-corrected chi connectivity index (χ2v) is 7.34. The zero-order valence-corrected chi connectivity index (χ0v) is 16.1. The molecule has 0 saturated carbocycles. The predicted molar refractivity (Wildman–Crippen MR) is 108 cm³/mol. The molecule has 0 saturated heterocycles. The molecule has 26 heavy (non-hydrogen) atoms. The first-order chi connectivity index (χ1) is 12.7. The molecule has 132 valence electrons. The molecular weight excluding hydrogens is 390 g/mol. The lowest BCUT2D eigenvalue weighted by molar-refractivity contribution is 0.181. The molecule has 0 aliphatic carbocycles. The van der Waals surface area contributed by atoms with Gasteiger partial charge in [0.1, 0.15) is 0 Å². The van der Waals surface area contributed by atoms with Gasteiger partial charge in [-0.15, -0.1) is 0 Å². The minimum atomic E-state index is -0.0800. The number of anilines is 1. The lowest BCUT2D eigenvalue weighted by atomic mass is 10.1. The molecule has 1 unspecified atom stereocenters. The van der Waals surface area contributed by atoms with E-state index in [1.54, 1.807) is 0 Å². The van der Waals surface area contributed by atoms with Crippen molar-refractivity contribution in [2.75, 3.05) is 5.32 Å². The van der Waals surface area contributed by atoms with E-state index in [-0.39, 0.29) is 12.1 Å². The SMILES string of the molecule is CCC1c2cccn2-c2ccccc2CN1C(=O)Nc1ccc(Br)cc1. The molecule has 1 N–H and O–H groups in total. The third kappa shape index (κ3) is 3.03. The van der Waals surface area contributed by atoms with Gasteiger partial charge in [-0.3, -0.25) is 0 Å². The van der Waals surface area contributed by atoms with Crippen LogP contribution < -0.4 is 5.32 Å². The molecule has 3 aromatic rings. The van der Waals surface area contributed by atoms with Crippen LogP contribution in [0.3, 0.4) is 0 Å². The van der Waals surface area contributed by atoms with Crippen molar-refractivity contribution >= 4 is 27.6 Å². The molecule has 2 amide bonds. The monoisotopic (exact) mass is 409 g/mol. The van der Waals surface area contributed by atoms with Crippen molar-refractivity contribution in [3.8, 4) is 5.69 Å². The van der Waals surface area contributed by atoms with Gasteiger partial charge in [0.05, 0.1) is 18.3 Å². The Morgan fingerprint density at radius 1 is 1.12 bits per heavy atom. The minimum absolute atomic E-state index is 0.0212. The molecular formula is C21H20BrN3O. The minimum Gasteiger partial charge on any atom is -0.318 e. The molecule has 4 nitrogen and oxygen atoms in total. The number of urea groups is 1.